The van der Waals surface area contributed by atoms with Gasteiger partial charge in [-0.15, -0.1) is 0 Å². The van der Waals surface area contributed by atoms with E-state index in [0.29, 0.717) is 32.1 Å². The Morgan fingerprint density at radius 3 is 2.45 bits per heavy atom. The van der Waals surface area contributed by atoms with E-state index in [-0.39, 0.29) is 23.5 Å². The fourth-order valence-corrected chi connectivity index (χ4v) is 6.60. The molecule has 0 spiro atoms. The van der Waals surface area contributed by atoms with Crippen LogP contribution in [0.2, 0.25) is 0 Å². The van der Waals surface area contributed by atoms with Gasteiger partial charge in [0.05, 0.1) is 9.82 Å². The Hall–Kier alpha value is -4.01. The summed E-state index contributed by atoms with van der Waals surface area (Å²) in [6, 6.07) is 2.25. The Labute approximate surface area is 256 Å². The van der Waals surface area contributed by atoms with Crippen molar-refractivity contribution in [1.29, 1.82) is 0 Å². The second kappa shape index (κ2) is 12.9. The van der Waals surface area contributed by atoms with Crippen LogP contribution in [-0.4, -0.2) is 71.8 Å². The number of rotatable bonds is 5. The lowest BCUT2D eigenvalue weighted by molar-refractivity contribution is -0.384. The molecule has 2 fully saturated rings. The van der Waals surface area contributed by atoms with Crippen LogP contribution in [0.4, 0.5) is 10.5 Å². The van der Waals surface area contributed by atoms with E-state index >= 15 is 0 Å². The summed E-state index contributed by atoms with van der Waals surface area (Å²) in [5.74, 6) is -2.44. The minimum atomic E-state index is -4.42. The van der Waals surface area contributed by atoms with Gasteiger partial charge in [0.15, 0.2) is 0 Å². The maximum absolute atomic E-state index is 13.7. The third-order valence-electron chi connectivity index (χ3n) is 7.91. The van der Waals surface area contributed by atoms with E-state index in [1.165, 1.54) is 4.90 Å². The van der Waals surface area contributed by atoms with Crippen LogP contribution >= 0.6 is 0 Å². The molecule has 0 aromatic heterocycles. The number of amides is 4. The van der Waals surface area contributed by atoms with Gasteiger partial charge in [0.1, 0.15) is 23.2 Å². The van der Waals surface area contributed by atoms with Gasteiger partial charge in [0.2, 0.25) is 11.8 Å². The van der Waals surface area contributed by atoms with Gasteiger partial charge in [-0.1, -0.05) is 25.0 Å². The zero-order valence-electron chi connectivity index (χ0n) is 25.0. The number of hydrogen-bond acceptors (Lipinski definition) is 9. The molecule has 2 aliphatic heterocycles. The molecule has 15 heteroatoms. The fraction of sp³-hybridized carbons (Fsp3) is 0.586. The molecule has 44 heavy (non-hydrogen) atoms. The first kappa shape index (κ1) is 32.9. The molecule has 4 amide bonds. The molecular weight excluding hydrogens is 594 g/mol. The summed E-state index contributed by atoms with van der Waals surface area (Å²) in [7, 11) is -4.42. The molecule has 14 nitrogen and oxygen atoms in total. The zero-order chi connectivity index (χ0) is 32.3. The SMILES string of the molecule is CC(C)(C)OC(=O)NC1CCCCC/C=C\C2CC2(C(=O)NS(=O)(=O)c2ccc([N+](=O)[O-])cc2)NC(=O)C2CCCN2C1=O. The molecule has 1 aromatic carbocycles. The summed E-state index contributed by atoms with van der Waals surface area (Å²) in [6.45, 7) is 5.43. The fourth-order valence-electron chi connectivity index (χ4n) is 5.56. The van der Waals surface area contributed by atoms with Gasteiger partial charge in [-0.05, 0) is 71.4 Å². The lowest BCUT2D eigenvalue weighted by Crippen LogP contribution is -2.58. The summed E-state index contributed by atoms with van der Waals surface area (Å²) in [6.07, 6.45) is 7.19. The first-order valence-electron chi connectivity index (χ1n) is 14.7. The van der Waals surface area contributed by atoms with E-state index < -0.39 is 67.9 Å². The number of non-ortho nitro benzene ring substituents is 1. The van der Waals surface area contributed by atoms with E-state index in [1.54, 1.807) is 26.8 Å². The summed E-state index contributed by atoms with van der Waals surface area (Å²) in [5.41, 5.74) is -2.64. The van der Waals surface area contributed by atoms with E-state index in [9.17, 15) is 37.7 Å². The van der Waals surface area contributed by atoms with Gasteiger partial charge in [0.25, 0.3) is 21.6 Å². The lowest BCUT2D eigenvalue weighted by Gasteiger charge is -2.30. The number of alkyl carbamates (subject to hydrolysis) is 1. The average Bonchev–Trinajstić information content (AvgIpc) is 3.40. The Morgan fingerprint density at radius 2 is 1.80 bits per heavy atom. The summed E-state index contributed by atoms with van der Waals surface area (Å²) < 4.78 is 33.4. The van der Waals surface area contributed by atoms with Crippen LogP contribution in [0.15, 0.2) is 41.3 Å². The lowest BCUT2D eigenvalue weighted by atomic mass is 10.0. The van der Waals surface area contributed by atoms with Crippen molar-refractivity contribution >= 4 is 39.5 Å². The van der Waals surface area contributed by atoms with Gasteiger partial charge < -0.3 is 20.3 Å². The number of carbonyl (C=O) groups is 4. The minimum absolute atomic E-state index is 0.153. The molecule has 1 aliphatic carbocycles. The van der Waals surface area contributed by atoms with Gasteiger partial charge in [-0.2, -0.15) is 0 Å². The molecular formula is C29H39N5O9S. The highest BCUT2D eigenvalue weighted by atomic mass is 32.2. The van der Waals surface area contributed by atoms with Crippen molar-refractivity contribution in [2.24, 2.45) is 5.92 Å². The van der Waals surface area contributed by atoms with Crippen LogP contribution in [-0.2, 0) is 29.1 Å². The zero-order valence-corrected chi connectivity index (χ0v) is 25.9. The molecule has 1 aromatic rings. The quantitative estimate of drug-likeness (QED) is 0.248. The predicted molar refractivity (Wildman–Crippen MR) is 158 cm³/mol. The Morgan fingerprint density at radius 1 is 1.09 bits per heavy atom. The molecule has 4 rings (SSSR count). The van der Waals surface area contributed by atoms with Crippen LogP contribution in [0.1, 0.15) is 72.1 Å². The van der Waals surface area contributed by atoms with Crippen molar-refractivity contribution in [3.05, 3.63) is 46.5 Å². The Balaban J connectivity index is 1.56. The number of nitro groups is 1. The van der Waals surface area contributed by atoms with Gasteiger partial charge in [0, 0.05) is 24.6 Å². The number of benzene rings is 1. The highest BCUT2D eigenvalue weighted by molar-refractivity contribution is 7.90. The normalized spacial score (nSPS) is 27.0. The van der Waals surface area contributed by atoms with E-state index in [2.05, 4.69) is 10.6 Å². The molecule has 0 bridgehead atoms. The molecule has 1 saturated carbocycles. The van der Waals surface area contributed by atoms with Crippen molar-refractivity contribution in [2.75, 3.05) is 6.54 Å². The number of fused-ring (bicyclic) bond motifs is 2. The standard InChI is InChI=1S/C29H39N5O9S/c1-28(2,3)43-27(38)30-22-11-8-6-4-5-7-10-19-18-29(19,31-24(35)23-12-9-17-33(23)25(22)36)26(37)32-44(41,42)21-15-13-20(14-16-21)34(39)40/h7,10,13-16,19,22-23H,4-6,8-9,11-12,17-18H2,1-3H3,(H,30,38)(H,31,35)(H,32,37)/b10-7-. The Bertz CT molecular complexity index is 1440. The number of allylic oxidation sites excluding steroid dienone is 1. The molecule has 240 valence electrons. The maximum Gasteiger partial charge on any atom is 0.408 e. The number of carbonyl (C=O) groups excluding carboxylic acids is 4. The van der Waals surface area contributed by atoms with E-state index in [0.717, 1.165) is 37.1 Å². The van der Waals surface area contributed by atoms with Crippen molar-refractivity contribution in [3.63, 3.8) is 0 Å². The van der Waals surface area contributed by atoms with Crippen molar-refractivity contribution in [3.8, 4) is 0 Å². The Kier molecular flexibility index (Phi) is 9.66. The third kappa shape index (κ3) is 7.73. The molecule has 3 N–H and O–H groups in total. The minimum Gasteiger partial charge on any atom is -0.444 e. The maximum atomic E-state index is 13.7. The number of nitro benzene ring substituents is 1. The predicted octanol–water partition coefficient (Wildman–Crippen LogP) is 2.68. The van der Waals surface area contributed by atoms with Crippen molar-refractivity contribution in [2.45, 2.75) is 100 Å². The third-order valence-corrected chi connectivity index (χ3v) is 9.26. The topological polar surface area (TPSA) is 194 Å². The highest BCUT2D eigenvalue weighted by Crippen LogP contribution is 2.45. The first-order valence-corrected chi connectivity index (χ1v) is 16.2. The number of nitrogens with zero attached hydrogens (tertiary/aromatic N) is 2. The number of hydrogen-bond donors (Lipinski definition) is 3. The second-order valence-electron chi connectivity index (χ2n) is 12.4. The van der Waals surface area contributed by atoms with Crippen LogP contribution in [0.25, 0.3) is 0 Å². The molecule has 4 atom stereocenters. The van der Waals surface area contributed by atoms with Crippen molar-refractivity contribution in [1.82, 2.24) is 20.3 Å². The monoisotopic (exact) mass is 633 g/mol. The number of sulfonamides is 1. The van der Waals surface area contributed by atoms with E-state index in [4.69, 9.17) is 4.74 Å². The van der Waals surface area contributed by atoms with Gasteiger partial charge >= 0.3 is 6.09 Å². The van der Waals surface area contributed by atoms with Gasteiger partial charge in [-0.25, -0.2) is 17.9 Å². The molecule has 2 heterocycles. The highest BCUT2D eigenvalue weighted by Gasteiger charge is 2.61. The summed E-state index contributed by atoms with van der Waals surface area (Å²) >= 11 is 0. The molecule has 0 radical (unpaired) electrons. The van der Waals surface area contributed by atoms with E-state index in [1.807, 2.05) is 10.8 Å². The van der Waals surface area contributed by atoms with Crippen LogP contribution < -0.4 is 15.4 Å². The summed E-state index contributed by atoms with van der Waals surface area (Å²) in [5, 5.41) is 16.4. The molecule has 1 saturated heterocycles. The van der Waals surface area contributed by atoms with Crippen LogP contribution in [0, 0.1) is 16.0 Å². The first-order chi connectivity index (χ1) is 20.6. The van der Waals surface area contributed by atoms with Gasteiger partial charge in [-0.3, -0.25) is 24.5 Å². The largest absolute Gasteiger partial charge is 0.444 e. The number of ether oxygens (including phenoxy) is 1. The number of nitrogens with one attached hydrogen (secondary N) is 3. The van der Waals surface area contributed by atoms with Crippen LogP contribution in [0.3, 0.4) is 0 Å². The summed E-state index contributed by atoms with van der Waals surface area (Å²) in [4.78, 5) is 64.8. The van der Waals surface area contributed by atoms with Crippen LogP contribution in [0.5, 0.6) is 0 Å². The van der Waals surface area contributed by atoms with Crippen molar-refractivity contribution < 1.29 is 37.3 Å². The molecule has 3 aliphatic rings. The average molecular weight is 634 g/mol. The molecule has 4 unspecified atom stereocenters. The smallest absolute Gasteiger partial charge is 0.408 e. The second-order valence-corrected chi connectivity index (χ2v) is 14.1.